The van der Waals surface area contributed by atoms with Crippen molar-refractivity contribution in [2.45, 2.75) is 32.6 Å². The second-order valence-electron chi connectivity index (χ2n) is 4.04. The van der Waals surface area contributed by atoms with Crippen molar-refractivity contribution in [2.75, 3.05) is 6.54 Å². The van der Waals surface area contributed by atoms with Gasteiger partial charge in [-0.1, -0.05) is 19.9 Å². The maximum Gasteiger partial charge on any atom is 0.109 e. The smallest absolute Gasteiger partial charge is 0.109 e. The molecule has 0 radical (unpaired) electrons. The normalized spacial score (nSPS) is 24.1. The van der Waals surface area contributed by atoms with Crippen molar-refractivity contribution in [1.29, 1.82) is 5.41 Å². The Kier molecular flexibility index (Phi) is 2.71. The Labute approximate surface area is 90.7 Å². The van der Waals surface area contributed by atoms with Crippen molar-refractivity contribution in [3.63, 3.8) is 0 Å². The number of aliphatic imine (C=N–C) groups is 1. The first kappa shape index (κ1) is 10.1. The maximum atomic E-state index is 7.30. The van der Waals surface area contributed by atoms with E-state index in [4.69, 9.17) is 5.41 Å². The number of allylic oxidation sites excluding steroid dienone is 2. The van der Waals surface area contributed by atoms with Crippen molar-refractivity contribution in [1.82, 2.24) is 4.90 Å². The molecule has 2 rings (SSSR count). The third-order valence-electron chi connectivity index (χ3n) is 2.87. The molecular weight excluding hydrogens is 186 g/mol. The summed E-state index contributed by atoms with van der Waals surface area (Å²) < 4.78 is 0. The van der Waals surface area contributed by atoms with E-state index in [1.165, 1.54) is 12.0 Å². The number of nitrogens with zero attached hydrogens (tertiary/aromatic N) is 2. The van der Waals surface area contributed by atoms with E-state index < -0.39 is 0 Å². The first-order valence-electron chi connectivity index (χ1n) is 5.55. The quantitative estimate of drug-likeness (QED) is 0.554. The first-order valence-corrected chi connectivity index (χ1v) is 5.55. The highest BCUT2D eigenvalue weighted by molar-refractivity contribution is 6.23. The minimum atomic E-state index is 0.964. The molecule has 3 heteroatoms. The number of hydrogen-bond acceptors (Lipinski definition) is 2. The second kappa shape index (κ2) is 4.01. The molecule has 1 saturated heterocycles. The van der Waals surface area contributed by atoms with Gasteiger partial charge in [-0.25, -0.2) is 4.99 Å². The van der Waals surface area contributed by atoms with Crippen LogP contribution in [0.4, 0.5) is 0 Å². The van der Waals surface area contributed by atoms with Crippen LogP contribution in [-0.2, 0) is 0 Å². The van der Waals surface area contributed by atoms with Crippen LogP contribution in [0.5, 0.6) is 0 Å². The summed E-state index contributed by atoms with van der Waals surface area (Å²) in [5.41, 5.74) is 4.57. The summed E-state index contributed by atoms with van der Waals surface area (Å²) in [6, 6.07) is 0. The number of hydrogen-bond donors (Lipinski definition) is 1. The molecule has 15 heavy (non-hydrogen) atoms. The van der Waals surface area contributed by atoms with Gasteiger partial charge in [0, 0.05) is 12.2 Å². The van der Waals surface area contributed by atoms with Gasteiger partial charge in [-0.05, 0) is 24.8 Å². The zero-order valence-electron chi connectivity index (χ0n) is 9.21. The molecule has 0 amide bonds. The van der Waals surface area contributed by atoms with Gasteiger partial charge in [-0.3, -0.25) is 5.41 Å². The number of nitrogens with one attached hydrogen (secondary N) is 1. The molecule has 0 bridgehead atoms. The Balaban J connectivity index is 2.06. The molecule has 0 aromatic heterocycles. The average Bonchev–Trinajstić information content (AvgIpc) is 2.89. The Bertz CT molecular complexity index is 363. The SMILES string of the molecule is C=C(CCC)C1=NC/1=C1/CCCN1C=N. The zero-order valence-corrected chi connectivity index (χ0v) is 9.21. The fraction of sp³-hybridized carbons (Fsp3) is 0.500. The van der Waals surface area contributed by atoms with Crippen molar-refractivity contribution in [3.05, 3.63) is 23.5 Å². The molecule has 2 aliphatic heterocycles. The van der Waals surface area contributed by atoms with Gasteiger partial charge in [0.25, 0.3) is 0 Å². The van der Waals surface area contributed by atoms with Crippen LogP contribution in [-0.4, -0.2) is 23.5 Å². The van der Waals surface area contributed by atoms with Crippen LogP contribution in [0.15, 0.2) is 28.5 Å². The van der Waals surface area contributed by atoms with Gasteiger partial charge in [0.1, 0.15) is 5.70 Å². The molecule has 2 heterocycles. The van der Waals surface area contributed by atoms with E-state index in [1.807, 2.05) is 4.90 Å². The lowest BCUT2D eigenvalue weighted by atomic mass is 10.1. The van der Waals surface area contributed by atoms with Crippen LogP contribution in [0, 0.1) is 5.41 Å². The lowest BCUT2D eigenvalue weighted by molar-refractivity contribution is 0.600. The molecule has 2 aliphatic rings. The van der Waals surface area contributed by atoms with E-state index in [2.05, 4.69) is 18.5 Å². The van der Waals surface area contributed by atoms with Gasteiger partial charge in [0.2, 0.25) is 0 Å². The van der Waals surface area contributed by atoms with E-state index >= 15 is 0 Å². The third-order valence-corrected chi connectivity index (χ3v) is 2.87. The molecule has 1 N–H and O–H groups in total. The summed E-state index contributed by atoms with van der Waals surface area (Å²) in [6.07, 6.45) is 5.74. The van der Waals surface area contributed by atoms with Crippen molar-refractivity contribution >= 4 is 12.1 Å². The van der Waals surface area contributed by atoms with Gasteiger partial charge in [0.05, 0.1) is 12.1 Å². The summed E-state index contributed by atoms with van der Waals surface area (Å²) >= 11 is 0. The van der Waals surface area contributed by atoms with Gasteiger partial charge in [0.15, 0.2) is 0 Å². The van der Waals surface area contributed by atoms with E-state index in [1.54, 1.807) is 0 Å². The first-order chi connectivity index (χ1) is 7.27. The van der Waals surface area contributed by atoms with Gasteiger partial charge < -0.3 is 4.90 Å². The van der Waals surface area contributed by atoms with E-state index in [-0.39, 0.29) is 0 Å². The fourth-order valence-electron chi connectivity index (χ4n) is 2.04. The lowest BCUT2D eigenvalue weighted by Gasteiger charge is -2.11. The van der Waals surface area contributed by atoms with E-state index in [0.29, 0.717) is 0 Å². The number of rotatable bonds is 4. The molecule has 0 aliphatic carbocycles. The average molecular weight is 203 g/mol. The molecule has 0 aromatic rings. The van der Waals surface area contributed by atoms with Crippen molar-refractivity contribution in [3.8, 4) is 0 Å². The highest BCUT2D eigenvalue weighted by Crippen LogP contribution is 2.34. The predicted octanol–water partition coefficient (Wildman–Crippen LogP) is 2.71. The monoisotopic (exact) mass is 203 g/mol. The topological polar surface area (TPSA) is 39.5 Å². The van der Waals surface area contributed by atoms with Crippen molar-refractivity contribution < 1.29 is 0 Å². The zero-order chi connectivity index (χ0) is 10.8. The molecule has 0 aromatic carbocycles. The summed E-state index contributed by atoms with van der Waals surface area (Å²) in [7, 11) is 0. The Hall–Kier alpha value is -1.38. The van der Waals surface area contributed by atoms with Crippen LogP contribution in [0.3, 0.4) is 0 Å². The van der Waals surface area contributed by atoms with Crippen LogP contribution >= 0.6 is 0 Å². The summed E-state index contributed by atoms with van der Waals surface area (Å²) in [5, 5.41) is 7.30. The van der Waals surface area contributed by atoms with Crippen LogP contribution < -0.4 is 0 Å². The van der Waals surface area contributed by atoms with E-state index in [9.17, 15) is 0 Å². The molecule has 0 saturated carbocycles. The highest BCUT2D eigenvalue weighted by Gasteiger charge is 2.30. The fourth-order valence-corrected chi connectivity index (χ4v) is 2.04. The van der Waals surface area contributed by atoms with Crippen LogP contribution in [0.25, 0.3) is 0 Å². The highest BCUT2D eigenvalue weighted by atomic mass is 15.2. The minimum absolute atomic E-state index is 0.964. The van der Waals surface area contributed by atoms with Gasteiger partial charge in [-0.15, -0.1) is 0 Å². The molecule has 80 valence electrons. The third kappa shape index (κ3) is 1.87. The summed E-state index contributed by atoms with van der Waals surface area (Å²) in [6.45, 7) is 7.16. The molecule has 1 fully saturated rings. The lowest BCUT2D eigenvalue weighted by Crippen LogP contribution is -2.15. The van der Waals surface area contributed by atoms with Gasteiger partial charge in [-0.2, -0.15) is 0 Å². The largest absolute Gasteiger partial charge is 0.334 e. The van der Waals surface area contributed by atoms with E-state index in [0.717, 1.165) is 49.2 Å². The summed E-state index contributed by atoms with van der Waals surface area (Å²) in [5.74, 6) is 0. The number of likely N-dealkylation sites (tertiary alicyclic amines) is 1. The standard InChI is InChI=1S/C12H17N3/c1-3-5-9(2)11-12(14-11)10-6-4-7-15(10)8-13/h8,13H,2-7H2,1H3/b12-10-,13-8?. The van der Waals surface area contributed by atoms with Crippen LogP contribution in [0.2, 0.25) is 0 Å². The maximum absolute atomic E-state index is 7.30. The Morgan fingerprint density at radius 3 is 3.13 bits per heavy atom. The Morgan fingerprint density at radius 2 is 2.47 bits per heavy atom. The Morgan fingerprint density at radius 1 is 1.67 bits per heavy atom. The van der Waals surface area contributed by atoms with Crippen molar-refractivity contribution in [2.24, 2.45) is 4.99 Å². The molecule has 0 unspecified atom stereocenters. The molecule has 0 atom stereocenters. The van der Waals surface area contributed by atoms with Crippen LogP contribution in [0.1, 0.15) is 32.6 Å². The summed E-state index contributed by atoms with van der Waals surface area (Å²) in [4.78, 5) is 6.40. The second-order valence-corrected chi connectivity index (χ2v) is 4.04. The predicted molar refractivity (Wildman–Crippen MR) is 63.2 cm³/mol. The molecular formula is C12H17N3. The molecule has 0 spiro atoms. The van der Waals surface area contributed by atoms with Gasteiger partial charge >= 0.3 is 0 Å². The minimum Gasteiger partial charge on any atom is -0.334 e. The molecule has 3 nitrogen and oxygen atoms in total.